The van der Waals surface area contributed by atoms with E-state index >= 15 is 0 Å². The minimum Gasteiger partial charge on any atom is -0.481 e. The fourth-order valence-corrected chi connectivity index (χ4v) is 2.08. The van der Waals surface area contributed by atoms with Crippen molar-refractivity contribution in [3.63, 3.8) is 0 Å². The van der Waals surface area contributed by atoms with Crippen molar-refractivity contribution in [2.45, 2.75) is 19.4 Å². The normalized spacial score (nSPS) is 11.3. The van der Waals surface area contributed by atoms with Crippen molar-refractivity contribution < 1.29 is 9.53 Å². The molecule has 0 aliphatic heterocycles. The summed E-state index contributed by atoms with van der Waals surface area (Å²) in [6.07, 6.45) is -0.253. The molecule has 0 radical (unpaired) electrons. The van der Waals surface area contributed by atoms with E-state index in [1.54, 1.807) is 31.2 Å². The van der Waals surface area contributed by atoms with Gasteiger partial charge in [0.25, 0.3) is 5.91 Å². The van der Waals surface area contributed by atoms with Crippen LogP contribution in [0.25, 0.3) is 0 Å². The van der Waals surface area contributed by atoms with Gasteiger partial charge in [-0.1, -0.05) is 28.1 Å². The monoisotopic (exact) mass is 358 g/mol. The number of anilines is 1. The summed E-state index contributed by atoms with van der Waals surface area (Å²) in [7, 11) is 0. The molecule has 4 nitrogen and oxygen atoms in total. The predicted octanol–water partition coefficient (Wildman–Crippen LogP) is 3.92. The Bertz CT molecular complexity index is 675. The number of nitrogens with one attached hydrogen (secondary N) is 1. The second kappa shape index (κ2) is 7.62. The molecule has 0 fully saturated rings. The van der Waals surface area contributed by atoms with Gasteiger partial charge in [0.15, 0.2) is 6.10 Å². The zero-order valence-corrected chi connectivity index (χ0v) is 13.6. The largest absolute Gasteiger partial charge is 0.481 e. The van der Waals surface area contributed by atoms with Gasteiger partial charge in [-0.25, -0.2) is 0 Å². The molecule has 2 aromatic rings. The molecule has 0 bridgehead atoms. The van der Waals surface area contributed by atoms with Crippen LogP contribution in [0.2, 0.25) is 0 Å². The second-order valence-electron chi connectivity index (χ2n) is 4.74. The average Bonchev–Trinajstić information content (AvgIpc) is 2.51. The predicted molar refractivity (Wildman–Crippen MR) is 88.6 cm³/mol. The first kappa shape index (κ1) is 16.1. The lowest BCUT2D eigenvalue weighted by molar-refractivity contribution is -0.122. The summed E-state index contributed by atoms with van der Waals surface area (Å²) in [4.78, 5) is 12.1. The smallest absolute Gasteiger partial charge is 0.265 e. The lowest BCUT2D eigenvalue weighted by atomic mass is 10.1. The van der Waals surface area contributed by atoms with Gasteiger partial charge in [0, 0.05) is 10.2 Å². The molecule has 22 heavy (non-hydrogen) atoms. The number of hydrogen-bond acceptors (Lipinski definition) is 3. The Balaban J connectivity index is 1.93. The molecule has 1 amide bonds. The summed E-state index contributed by atoms with van der Waals surface area (Å²) in [6, 6.07) is 16.6. The molecule has 2 aromatic carbocycles. The van der Waals surface area contributed by atoms with Gasteiger partial charge in [-0.3, -0.25) is 4.79 Å². The highest BCUT2D eigenvalue weighted by molar-refractivity contribution is 9.10. The van der Waals surface area contributed by atoms with Gasteiger partial charge >= 0.3 is 0 Å². The third kappa shape index (κ3) is 4.61. The molecule has 2 rings (SSSR count). The Labute approximate surface area is 137 Å². The van der Waals surface area contributed by atoms with Crippen molar-refractivity contribution in [3.8, 4) is 11.8 Å². The second-order valence-corrected chi connectivity index (χ2v) is 5.65. The summed E-state index contributed by atoms with van der Waals surface area (Å²) in [5.74, 6) is 0.408. The molecule has 0 spiro atoms. The van der Waals surface area contributed by atoms with E-state index in [1.165, 1.54) is 0 Å². The van der Waals surface area contributed by atoms with Crippen LogP contribution in [0.4, 0.5) is 5.69 Å². The van der Waals surface area contributed by atoms with Gasteiger partial charge in [0.05, 0.1) is 12.5 Å². The number of hydrogen-bond donors (Lipinski definition) is 1. The number of nitriles is 1. The first-order chi connectivity index (χ1) is 10.6. The van der Waals surface area contributed by atoms with Crippen molar-refractivity contribution in [1.29, 1.82) is 5.26 Å². The molecule has 1 unspecified atom stereocenters. The Kier molecular flexibility index (Phi) is 5.56. The minimum atomic E-state index is -0.611. The highest BCUT2D eigenvalue weighted by atomic mass is 79.9. The van der Waals surface area contributed by atoms with Crippen molar-refractivity contribution >= 4 is 27.5 Å². The minimum absolute atomic E-state index is 0.226. The van der Waals surface area contributed by atoms with Crippen LogP contribution in [0, 0.1) is 11.3 Å². The number of carbonyl (C=O) groups is 1. The van der Waals surface area contributed by atoms with E-state index in [-0.39, 0.29) is 5.91 Å². The summed E-state index contributed by atoms with van der Waals surface area (Å²) in [5.41, 5.74) is 1.60. The molecular weight excluding hydrogens is 344 g/mol. The number of benzene rings is 2. The van der Waals surface area contributed by atoms with E-state index < -0.39 is 6.10 Å². The Morgan fingerprint density at radius 1 is 1.23 bits per heavy atom. The van der Waals surface area contributed by atoms with Crippen LogP contribution >= 0.6 is 15.9 Å². The molecule has 5 heteroatoms. The first-order valence-electron chi connectivity index (χ1n) is 6.77. The van der Waals surface area contributed by atoms with Crippen LogP contribution in [0.5, 0.6) is 5.75 Å². The quantitative estimate of drug-likeness (QED) is 0.880. The third-order valence-electron chi connectivity index (χ3n) is 3.00. The molecule has 0 heterocycles. The Morgan fingerprint density at radius 2 is 1.86 bits per heavy atom. The van der Waals surface area contributed by atoms with E-state index in [2.05, 4.69) is 27.3 Å². The van der Waals surface area contributed by atoms with Crippen LogP contribution < -0.4 is 10.1 Å². The van der Waals surface area contributed by atoms with Crippen molar-refractivity contribution in [3.05, 3.63) is 58.6 Å². The summed E-state index contributed by atoms with van der Waals surface area (Å²) >= 11 is 3.35. The van der Waals surface area contributed by atoms with Gasteiger partial charge in [0.1, 0.15) is 5.75 Å². The van der Waals surface area contributed by atoms with Crippen molar-refractivity contribution in [2.75, 3.05) is 5.32 Å². The maximum atomic E-state index is 12.1. The summed E-state index contributed by atoms with van der Waals surface area (Å²) < 4.78 is 6.54. The average molecular weight is 359 g/mol. The van der Waals surface area contributed by atoms with Crippen molar-refractivity contribution in [2.24, 2.45) is 0 Å². The maximum absolute atomic E-state index is 12.1. The van der Waals surface area contributed by atoms with Gasteiger partial charge < -0.3 is 10.1 Å². The number of carbonyl (C=O) groups excluding carboxylic acids is 1. The van der Waals surface area contributed by atoms with Crippen molar-refractivity contribution in [1.82, 2.24) is 0 Å². The lowest BCUT2D eigenvalue weighted by Crippen LogP contribution is -2.30. The molecule has 1 atom stereocenters. The Morgan fingerprint density at radius 3 is 2.45 bits per heavy atom. The number of ether oxygens (including phenoxy) is 1. The topological polar surface area (TPSA) is 62.1 Å². The highest BCUT2D eigenvalue weighted by Crippen LogP contribution is 2.18. The molecule has 0 aromatic heterocycles. The van der Waals surface area contributed by atoms with Crippen LogP contribution in [0.3, 0.4) is 0 Å². The number of halogens is 1. The van der Waals surface area contributed by atoms with Gasteiger partial charge in [-0.2, -0.15) is 5.26 Å². The van der Waals surface area contributed by atoms with Crippen LogP contribution in [-0.4, -0.2) is 12.0 Å². The van der Waals surface area contributed by atoms with Gasteiger partial charge in [0.2, 0.25) is 0 Å². The van der Waals surface area contributed by atoms with Crippen LogP contribution in [0.15, 0.2) is 53.0 Å². The van der Waals surface area contributed by atoms with E-state index in [1.807, 2.05) is 24.3 Å². The van der Waals surface area contributed by atoms with Gasteiger partial charge in [-0.05, 0) is 48.9 Å². The molecule has 0 aliphatic carbocycles. The van der Waals surface area contributed by atoms with E-state index in [0.29, 0.717) is 17.9 Å². The van der Waals surface area contributed by atoms with E-state index in [0.717, 1.165) is 10.0 Å². The molecular formula is C17H15BrN2O2. The zero-order chi connectivity index (χ0) is 15.9. The Hall–Kier alpha value is -2.32. The fourth-order valence-electron chi connectivity index (χ4n) is 1.81. The first-order valence-corrected chi connectivity index (χ1v) is 7.57. The molecule has 0 aliphatic rings. The number of nitrogens with zero attached hydrogens (tertiary/aromatic N) is 1. The molecule has 0 saturated heterocycles. The van der Waals surface area contributed by atoms with E-state index in [4.69, 9.17) is 10.00 Å². The molecule has 112 valence electrons. The highest BCUT2D eigenvalue weighted by Gasteiger charge is 2.14. The van der Waals surface area contributed by atoms with Crippen LogP contribution in [-0.2, 0) is 11.2 Å². The molecule has 1 N–H and O–H groups in total. The summed E-state index contributed by atoms with van der Waals surface area (Å²) in [6.45, 7) is 1.70. The maximum Gasteiger partial charge on any atom is 0.265 e. The SMILES string of the molecule is CC(Oc1ccc(Br)cc1)C(=O)Nc1ccc(CC#N)cc1. The van der Waals surface area contributed by atoms with Crippen LogP contribution in [0.1, 0.15) is 12.5 Å². The lowest BCUT2D eigenvalue weighted by Gasteiger charge is -2.15. The number of amides is 1. The van der Waals surface area contributed by atoms with E-state index in [9.17, 15) is 4.79 Å². The fraction of sp³-hybridized carbons (Fsp3) is 0.176. The summed E-state index contributed by atoms with van der Waals surface area (Å²) in [5, 5.41) is 11.4. The van der Waals surface area contributed by atoms with Gasteiger partial charge in [-0.15, -0.1) is 0 Å². The zero-order valence-electron chi connectivity index (χ0n) is 12.0. The standard InChI is InChI=1S/C17H15BrN2O2/c1-12(22-16-8-4-14(18)5-9-16)17(21)20-15-6-2-13(3-7-15)10-11-19/h2-9,12H,10H2,1H3,(H,20,21). The molecule has 0 saturated carbocycles. The number of rotatable bonds is 5. The third-order valence-corrected chi connectivity index (χ3v) is 3.53.